The minimum Gasteiger partial charge on any atom is -0.444 e. The van der Waals surface area contributed by atoms with Gasteiger partial charge in [-0.2, -0.15) is 0 Å². The first-order valence-corrected chi connectivity index (χ1v) is 6.67. The third kappa shape index (κ3) is 2.30. The van der Waals surface area contributed by atoms with Gasteiger partial charge in [0.2, 0.25) is 0 Å². The summed E-state index contributed by atoms with van der Waals surface area (Å²) in [6.45, 7) is 7.34. The Kier molecular flexibility index (Phi) is 3.28. The predicted octanol–water partition coefficient (Wildman–Crippen LogP) is 2.24. The first kappa shape index (κ1) is 14.5. The Labute approximate surface area is 112 Å². The highest BCUT2D eigenvalue weighted by atomic mass is 19.3. The Bertz CT molecular complexity index is 381. The second-order valence-electron chi connectivity index (χ2n) is 6.57. The molecule has 0 bridgehead atoms. The van der Waals surface area contributed by atoms with Crippen molar-refractivity contribution >= 4 is 6.09 Å². The maximum Gasteiger partial charge on any atom is 0.410 e. The molecular formula is C13H22F2N2O2. The zero-order chi connectivity index (χ0) is 14.5. The molecule has 19 heavy (non-hydrogen) atoms. The largest absolute Gasteiger partial charge is 0.444 e. The number of carbonyl (C=O) groups is 1. The summed E-state index contributed by atoms with van der Waals surface area (Å²) in [6.07, 6.45) is -0.111. The second-order valence-corrected chi connectivity index (χ2v) is 6.57. The third-order valence-electron chi connectivity index (χ3n) is 4.17. The molecule has 1 N–H and O–H groups in total. The minimum absolute atomic E-state index is 0.0811. The monoisotopic (exact) mass is 276 g/mol. The molecule has 2 aliphatic rings. The van der Waals surface area contributed by atoms with Crippen LogP contribution in [0.25, 0.3) is 0 Å². The molecule has 110 valence electrons. The molecule has 0 aromatic heterocycles. The van der Waals surface area contributed by atoms with E-state index in [2.05, 4.69) is 5.32 Å². The SMILES string of the molecule is C[C@H]1N(C(=O)OC(C)(C)C)CC12CCNCC2(F)F. The number of halogens is 2. The van der Waals surface area contributed by atoms with E-state index in [1.807, 2.05) is 0 Å². The van der Waals surface area contributed by atoms with Crippen LogP contribution >= 0.6 is 0 Å². The molecule has 1 unspecified atom stereocenters. The number of ether oxygens (including phenoxy) is 1. The molecule has 0 radical (unpaired) electrons. The van der Waals surface area contributed by atoms with Crippen LogP contribution < -0.4 is 5.32 Å². The van der Waals surface area contributed by atoms with Gasteiger partial charge in [-0.05, 0) is 40.7 Å². The van der Waals surface area contributed by atoms with E-state index in [1.165, 1.54) is 4.90 Å². The van der Waals surface area contributed by atoms with Gasteiger partial charge in [0.15, 0.2) is 0 Å². The standard InChI is InChI=1S/C13H22F2N2O2/c1-9-12(5-6-16-7-13(12,14)15)8-17(9)10(18)19-11(2,3)4/h9,16H,5-8H2,1-4H3/t9-,12?/m1/s1. The summed E-state index contributed by atoms with van der Waals surface area (Å²) in [5, 5.41) is 2.72. The summed E-state index contributed by atoms with van der Waals surface area (Å²) in [5.41, 5.74) is -1.69. The van der Waals surface area contributed by atoms with Crippen LogP contribution in [-0.2, 0) is 4.74 Å². The van der Waals surface area contributed by atoms with Gasteiger partial charge < -0.3 is 15.0 Å². The van der Waals surface area contributed by atoms with Crippen LogP contribution in [0.2, 0.25) is 0 Å². The molecule has 0 aliphatic carbocycles. The van der Waals surface area contributed by atoms with Crippen molar-refractivity contribution in [3.05, 3.63) is 0 Å². The molecule has 2 atom stereocenters. The van der Waals surface area contributed by atoms with E-state index < -0.39 is 29.1 Å². The molecule has 2 aliphatic heterocycles. The Morgan fingerprint density at radius 3 is 2.53 bits per heavy atom. The molecule has 2 fully saturated rings. The number of hydrogen-bond acceptors (Lipinski definition) is 3. The maximum atomic E-state index is 14.1. The molecule has 0 saturated carbocycles. The summed E-state index contributed by atoms with van der Waals surface area (Å²) in [5.74, 6) is -2.77. The molecule has 2 saturated heterocycles. The zero-order valence-electron chi connectivity index (χ0n) is 11.9. The summed E-state index contributed by atoms with van der Waals surface area (Å²) in [7, 11) is 0. The van der Waals surface area contributed by atoms with E-state index in [1.54, 1.807) is 27.7 Å². The van der Waals surface area contributed by atoms with Gasteiger partial charge >= 0.3 is 6.09 Å². The van der Waals surface area contributed by atoms with E-state index in [0.29, 0.717) is 13.0 Å². The van der Waals surface area contributed by atoms with Crippen molar-refractivity contribution in [3.8, 4) is 0 Å². The number of nitrogens with one attached hydrogen (secondary N) is 1. The lowest BCUT2D eigenvalue weighted by atomic mass is 9.64. The van der Waals surface area contributed by atoms with Crippen molar-refractivity contribution in [3.63, 3.8) is 0 Å². The molecule has 6 heteroatoms. The van der Waals surface area contributed by atoms with Crippen molar-refractivity contribution in [1.29, 1.82) is 0 Å². The maximum absolute atomic E-state index is 14.1. The average molecular weight is 276 g/mol. The molecule has 4 nitrogen and oxygen atoms in total. The number of nitrogens with zero attached hydrogens (tertiary/aromatic N) is 1. The highest BCUT2D eigenvalue weighted by Gasteiger charge is 2.66. The predicted molar refractivity (Wildman–Crippen MR) is 67.3 cm³/mol. The van der Waals surface area contributed by atoms with Gasteiger partial charge in [0.05, 0.1) is 12.0 Å². The molecule has 2 rings (SSSR count). The number of alkyl halides is 2. The topological polar surface area (TPSA) is 41.6 Å². The Morgan fingerprint density at radius 2 is 2.05 bits per heavy atom. The first-order chi connectivity index (χ1) is 8.59. The van der Waals surface area contributed by atoms with E-state index >= 15 is 0 Å². The van der Waals surface area contributed by atoms with Crippen LogP contribution in [0.15, 0.2) is 0 Å². The smallest absolute Gasteiger partial charge is 0.410 e. The van der Waals surface area contributed by atoms with Crippen LogP contribution in [0.5, 0.6) is 0 Å². The first-order valence-electron chi connectivity index (χ1n) is 6.67. The number of amides is 1. The van der Waals surface area contributed by atoms with Gasteiger partial charge in [-0.3, -0.25) is 0 Å². The fraction of sp³-hybridized carbons (Fsp3) is 0.923. The Balaban J connectivity index is 2.06. The van der Waals surface area contributed by atoms with Gasteiger partial charge in [-0.1, -0.05) is 0 Å². The molecule has 0 aromatic carbocycles. The van der Waals surface area contributed by atoms with Crippen molar-refractivity contribution < 1.29 is 18.3 Å². The van der Waals surface area contributed by atoms with Crippen LogP contribution in [0.4, 0.5) is 13.6 Å². The average Bonchev–Trinajstić information content (AvgIpc) is 2.23. The summed E-state index contributed by atoms with van der Waals surface area (Å²) >= 11 is 0. The van der Waals surface area contributed by atoms with Gasteiger partial charge in [0, 0.05) is 12.6 Å². The number of carbonyl (C=O) groups excluding carboxylic acids is 1. The summed E-state index contributed by atoms with van der Waals surface area (Å²) in [6, 6.07) is -0.487. The molecule has 1 amide bonds. The van der Waals surface area contributed by atoms with Crippen molar-refractivity contribution in [2.75, 3.05) is 19.6 Å². The van der Waals surface area contributed by atoms with Crippen molar-refractivity contribution in [2.45, 2.75) is 51.7 Å². The summed E-state index contributed by atoms with van der Waals surface area (Å²) < 4.78 is 33.4. The van der Waals surface area contributed by atoms with Crippen LogP contribution in [0.1, 0.15) is 34.1 Å². The lowest BCUT2D eigenvalue weighted by molar-refractivity contribution is -0.225. The number of piperidine rings is 1. The van der Waals surface area contributed by atoms with Crippen LogP contribution in [0, 0.1) is 5.41 Å². The van der Waals surface area contributed by atoms with Crippen LogP contribution in [-0.4, -0.2) is 48.2 Å². The lowest BCUT2D eigenvalue weighted by Crippen LogP contribution is -2.75. The number of likely N-dealkylation sites (tertiary alicyclic amines) is 1. The third-order valence-corrected chi connectivity index (χ3v) is 4.17. The van der Waals surface area contributed by atoms with Crippen molar-refractivity contribution in [2.24, 2.45) is 5.41 Å². The van der Waals surface area contributed by atoms with E-state index in [9.17, 15) is 13.6 Å². The lowest BCUT2D eigenvalue weighted by Gasteiger charge is -2.60. The zero-order valence-corrected chi connectivity index (χ0v) is 11.9. The van der Waals surface area contributed by atoms with Gasteiger partial charge in [-0.15, -0.1) is 0 Å². The quantitative estimate of drug-likeness (QED) is 0.738. The van der Waals surface area contributed by atoms with E-state index in [-0.39, 0.29) is 13.1 Å². The summed E-state index contributed by atoms with van der Waals surface area (Å²) in [4.78, 5) is 13.3. The van der Waals surface area contributed by atoms with Gasteiger partial charge in [-0.25, -0.2) is 13.6 Å². The second kappa shape index (κ2) is 4.30. The fourth-order valence-electron chi connectivity index (χ4n) is 2.93. The Morgan fingerprint density at radius 1 is 1.42 bits per heavy atom. The van der Waals surface area contributed by atoms with Gasteiger partial charge in [0.1, 0.15) is 5.60 Å². The van der Waals surface area contributed by atoms with E-state index in [4.69, 9.17) is 4.74 Å². The Hall–Kier alpha value is -0.910. The molecule has 0 aromatic rings. The number of hydrogen-bond donors (Lipinski definition) is 1. The molecular weight excluding hydrogens is 254 g/mol. The van der Waals surface area contributed by atoms with Gasteiger partial charge in [0.25, 0.3) is 5.92 Å². The molecule has 1 spiro atoms. The fourth-order valence-corrected chi connectivity index (χ4v) is 2.93. The van der Waals surface area contributed by atoms with Crippen LogP contribution in [0.3, 0.4) is 0 Å². The van der Waals surface area contributed by atoms with Crippen molar-refractivity contribution in [1.82, 2.24) is 10.2 Å². The highest BCUT2D eigenvalue weighted by Crippen LogP contribution is 2.53. The van der Waals surface area contributed by atoms with E-state index in [0.717, 1.165) is 0 Å². The normalized spacial score (nSPS) is 34.0. The highest BCUT2D eigenvalue weighted by molar-refractivity contribution is 5.70. The number of rotatable bonds is 0. The molecule has 2 heterocycles. The minimum atomic E-state index is -2.77.